The zero-order valence-electron chi connectivity index (χ0n) is 6.29. The maximum Gasteiger partial charge on any atom is 0.429 e. The average molecular weight is 170 g/mol. The zero-order valence-corrected chi connectivity index (χ0v) is 6.29. The van der Waals surface area contributed by atoms with Crippen molar-refractivity contribution in [3.8, 4) is 0 Å². The van der Waals surface area contributed by atoms with Gasteiger partial charge in [-0.25, -0.2) is 0 Å². The lowest BCUT2D eigenvalue weighted by Crippen LogP contribution is -1.95. The highest BCUT2D eigenvalue weighted by Gasteiger charge is 1.98. The summed E-state index contributed by atoms with van der Waals surface area (Å²) in [6.45, 7) is 0.511. The van der Waals surface area contributed by atoms with E-state index in [4.69, 9.17) is 16.0 Å². The van der Waals surface area contributed by atoms with E-state index >= 15 is 0 Å². The molecule has 0 atom stereocenters. The summed E-state index contributed by atoms with van der Waals surface area (Å²) in [7, 11) is 0. The minimum atomic E-state index is -0.474. The lowest BCUT2D eigenvalue weighted by atomic mass is 10.5. The lowest BCUT2D eigenvalue weighted by Gasteiger charge is -1.97. The molecule has 0 unspecified atom stereocenters. The zero-order chi connectivity index (χ0) is 9.23. The van der Waals surface area contributed by atoms with Gasteiger partial charge >= 0.3 is 12.1 Å². The van der Waals surface area contributed by atoms with Gasteiger partial charge in [0.2, 0.25) is 5.39 Å². The summed E-state index contributed by atoms with van der Waals surface area (Å²) in [6, 6.07) is 0. The highest BCUT2D eigenvalue weighted by atomic mass is 16.6. The molecule has 0 fully saturated rings. The summed E-state index contributed by atoms with van der Waals surface area (Å²) < 4.78 is 4.61. The summed E-state index contributed by atoms with van der Waals surface area (Å²) in [5, 5.41) is 19.8. The molecule has 0 amide bonds. The summed E-state index contributed by atoms with van der Waals surface area (Å²) in [6.07, 6.45) is 1.25. The van der Waals surface area contributed by atoms with Crippen LogP contribution in [0.2, 0.25) is 0 Å². The van der Waals surface area contributed by atoms with E-state index < -0.39 is 5.95 Å². The number of azide groups is 1. The van der Waals surface area contributed by atoms with Gasteiger partial charge in [-0.1, -0.05) is 5.11 Å². The number of aliphatic hydroxyl groups is 1. The van der Waals surface area contributed by atoms with Crippen LogP contribution >= 0.6 is 0 Å². The molecule has 0 aliphatic heterocycles. The number of hydrogen-bond acceptors (Lipinski definition) is 4. The van der Waals surface area contributed by atoms with Crippen LogP contribution in [0.25, 0.3) is 15.4 Å². The largest absolute Gasteiger partial charge is 0.476 e. The van der Waals surface area contributed by atoms with Crippen molar-refractivity contribution >= 4 is 0 Å². The number of nitrogens with zero attached hydrogens (tertiary/aromatic N) is 5. The first-order valence-corrected chi connectivity index (χ1v) is 3.18. The third kappa shape index (κ3) is 6.19. The molecule has 64 valence electrons. The van der Waals surface area contributed by atoms with Gasteiger partial charge in [-0.2, -0.15) is 0 Å². The Morgan fingerprint density at radius 3 is 3.08 bits per heavy atom. The predicted molar refractivity (Wildman–Crippen MR) is 40.4 cm³/mol. The van der Waals surface area contributed by atoms with Crippen LogP contribution in [-0.2, 0) is 4.74 Å². The Morgan fingerprint density at radius 2 is 2.50 bits per heavy atom. The van der Waals surface area contributed by atoms with Crippen LogP contribution in [0.4, 0.5) is 0 Å². The molecule has 0 saturated carbocycles. The highest BCUT2D eigenvalue weighted by molar-refractivity contribution is 4.87. The fourth-order valence-electron chi connectivity index (χ4n) is 0.443. The van der Waals surface area contributed by atoms with Crippen LogP contribution in [0, 0.1) is 5.39 Å². The van der Waals surface area contributed by atoms with Crippen molar-refractivity contribution in [3.63, 3.8) is 0 Å². The summed E-state index contributed by atoms with van der Waals surface area (Å²) in [5.74, 6) is -0.474. The third-order valence-corrected chi connectivity index (χ3v) is 0.884. The molecule has 7 nitrogen and oxygen atoms in total. The van der Waals surface area contributed by atoms with Crippen LogP contribution in [0.3, 0.4) is 0 Å². The average Bonchev–Trinajstić information content (AvgIpc) is 2.05. The first-order chi connectivity index (χ1) is 5.81. The van der Waals surface area contributed by atoms with Gasteiger partial charge in [0.1, 0.15) is 0 Å². The molecule has 12 heavy (non-hydrogen) atoms. The molecule has 0 bridgehead atoms. The second kappa shape index (κ2) is 7.18. The molecular weight excluding hydrogens is 162 g/mol. The molecule has 0 aliphatic carbocycles. The number of diazo groups is 1. The molecule has 0 aromatic heterocycles. The van der Waals surface area contributed by atoms with Crippen molar-refractivity contribution in [3.05, 3.63) is 27.6 Å². The Bertz CT molecular complexity index is 237. The van der Waals surface area contributed by atoms with Crippen molar-refractivity contribution in [2.45, 2.75) is 6.42 Å². The maximum atomic E-state index is 8.69. The van der Waals surface area contributed by atoms with Crippen LogP contribution in [0.15, 0.2) is 17.3 Å². The smallest absolute Gasteiger partial charge is 0.429 e. The highest BCUT2D eigenvalue weighted by Crippen LogP contribution is 1.93. The number of ether oxygens (including phenoxy) is 1. The second-order valence-corrected chi connectivity index (χ2v) is 1.74. The molecule has 0 aromatic rings. The monoisotopic (exact) mass is 170 g/mol. The number of hydrogen-bond donors (Lipinski definition) is 1. The first kappa shape index (κ1) is 10.1. The van der Waals surface area contributed by atoms with Crippen LogP contribution in [-0.4, -0.2) is 18.3 Å². The first-order valence-electron chi connectivity index (χ1n) is 3.18. The van der Waals surface area contributed by atoms with E-state index in [1.54, 1.807) is 0 Å². The molecule has 1 N–H and O–H groups in total. The van der Waals surface area contributed by atoms with Gasteiger partial charge in [-0.3, -0.25) is 0 Å². The van der Waals surface area contributed by atoms with Crippen LogP contribution < -0.4 is 0 Å². The normalized spacial score (nSPS) is 9.75. The van der Waals surface area contributed by atoms with Crippen LogP contribution in [0.1, 0.15) is 6.42 Å². The molecule has 0 rings (SSSR count). The van der Waals surface area contributed by atoms with E-state index in [-0.39, 0.29) is 6.61 Å². The number of rotatable bonds is 5. The third-order valence-electron chi connectivity index (χ3n) is 0.884. The summed E-state index contributed by atoms with van der Waals surface area (Å²) >= 11 is 0. The SMILES string of the molecule is N#[N+]/C=C(\O)OCCCN=[N+]=[N-]. The van der Waals surface area contributed by atoms with E-state index in [0.29, 0.717) is 13.0 Å². The van der Waals surface area contributed by atoms with Gasteiger partial charge in [-0.15, -0.1) is 0 Å². The minimum absolute atomic E-state index is 0.205. The van der Waals surface area contributed by atoms with Gasteiger partial charge in [-0.05, 0) is 12.0 Å². The molecule has 0 saturated heterocycles. The Morgan fingerprint density at radius 1 is 1.75 bits per heavy atom. The van der Waals surface area contributed by atoms with Gasteiger partial charge < -0.3 is 9.84 Å². The summed E-state index contributed by atoms with van der Waals surface area (Å²) in [4.78, 5) is 5.05. The van der Waals surface area contributed by atoms with E-state index in [2.05, 4.69) is 19.7 Å². The van der Waals surface area contributed by atoms with Gasteiger partial charge in [0.15, 0.2) is 4.98 Å². The van der Waals surface area contributed by atoms with Crippen molar-refractivity contribution in [1.29, 1.82) is 5.39 Å². The maximum absolute atomic E-state index is 8.69. The van der Waals surface area contributed by atoms with E-state index in [0.717, 1.165) is 6.20 Å². The molecule has 0 radical (unpaired) electrons. The molecule has 0 aromatic carbocycles. The van der Waals surface area contributed by atoms with Crippen molar-refractivity contribution in [1.82, 2.24) is 0 Å². The topological polar surface area (TPSA) is 106 Å². The van der Waals surface area contributed by atoms with E-state index in [1.807, 2.05) is 0 Å². The second-order valence-electron chi connectivity index (χ2n) is 1.74. The molecule has 7 heteroatoms. The van der Waals surface area contributed by atoms with Crippen molar-refractivity contribution < 1.29 is 9.84 Å². The molecular formula is C5H8N5O2+. The van der Waals surface area contributed by atoms with Crippen molar-refractivity contribution in [2.75, 3.05) is 13.2 Å². The Labute approximate surface area is 68.5 Å². The Balaban J connectivity index is 3.38. The fraction of sp³-hybridized carbons (Fsp3) is 0.600. The summed E-state index contributed by atoms with van der Waals surface area (Å²) in [5.41, 5.74) is 7.87. The Hall–Kier alpha value is -1.93. The molecule has 0 spiro atoms. The van der Waals surface area contributed by atoms with E-state index in [1.165, 1.54) is 0 Å². The van der Waals surface area contributed by atoms with Gasteiger partial charge in [0.05, 0.1) is 6.61 Å². The molecule has 0 heterocycles. The van der Waals surface area contributed by atoms with Crippen molar-refractivity contribution in [2.24, 2.45) is 5.11 Å². The minimum Gasteiger partial charge on any atom is -0.476 e. The quantitative estimate of drug-likeness (QED) is 0.170. The lowest BCUT2D eigenvalue weighted by molar-refractivity contribution is 0.0928. The fourth-order valence-corrected chi connectivity index (χ4v) is 0.443. The van der Waals surface area contributed by atoms with Gasteiger partial charge in [0.25, 0.3) is 0 Å². The van der Waals surface area contributed by atoms with E-state index in [9.17, 15) is 0 Å². The van der Waals surface area contributed by atoms with Crippen LogP contribution in [0.5, 0.6) is 0 Å². The standard InChI is InChI=1S/C5H7N5O2/c6-8-4-5(11)12-3-1-2-9-10-7/h4H,1-3H2/p+1/b5-4+. The number of aliphatic hydroxyl groups excluding tert-OH is 1. The Kier molecular flexibility index (Phi) is 6.03. The molecule has 0 aliphatic rings. The van der Waals surface area contributed by atoms with Gasteiger partial charge in [0, 0.05) is 11.5 Å². The predicted octanol–water partition coefficient (Wildman–Crippen LogP) is 1.91.